The molecule has 0 bridgehead atoms. The average Bonchev–Trinajstić information content (AvgIpc) is 2.66. The van der Waals surface area contributed by atoms with E-state index in [-0.39, 0.29) is 18.4 Å². The van der Waals surface area contributed by atoms with Gasteiger partial charge in [-0.05, 0) is 49.3 Å². The fourth-order valence-corrected chi connectivity index (χ4v) is 4.95. The van der Waals surface area contributed by atoms with Crippen molar-refractivity contribution in [2.45, 2.75) is 39.2 Å². The predicted octanol–water partition coefficient (Wildman–Crippen LogP) is 2.21. The summed E-state index contributed by atoms with van der Waals surface area (Å²) in [6.45, 7) is 5.79. The van der Waals surface area contributed by atoms with Crippen LogP contribution >= 0.6 is 0 Å². The summed E-state index contributed by atoms with van der Waals surface area (Å²) in [5.74, 6) is 0.416. The van der Waals surface area contributed by atoms with E-state index in [1.807, 2.05) is 0 Å². The summed E-state index contributed by atoms with van der Waals surface area (Å²) in [4.78, 5) is 14.9. The van der Waals surface area contributed by atoms with Crippen LogP contribution in [0.15, 0.2) is 24.3 Å². The van der Waals surface area contributed by atoms with Crippen molar-refractivity contribution < 1.29 is 13.2 Å². The first-order valence-corrected chi connectivity index (χ1v) is 11.7. The Labute approximate surface area is 163 Å². The van der Waals surface area contributed by atoms with Crippen LogP contribution in [0, 0.1) is 11.8 Å². The molecule has 0 saturated carbocycles. The van der Waals surface area contributed by atoms with Crippen LogP contribution in [-0.4, -0.2) is 51.1 Å². The summed E-state index contributed by atoms with van der Waals surface area (Å²) in [6.07, 6.45) is 5.22. The number of anilines is 1. The molecule has 2 heterocycles. The number of benzene rings is 1. The molecule has 6 nitrogen and oxygen atoms in total. The Morgan fingerprint density at radius 2 is 1.81 bits per heavy atom. The minimum atomic E-state index is -3.23. The summed E-state index contributed by atoms with van der Waals surface area (Å²) < 4.78 is 24.8. The second kappa shape index (κ2) is 8.61. The minimum absolute atomic E-state index is 0.0581. The zero-order chi connectivity index (χ0) is 19.4. The number of carbonyl (C=O) groups excluding carboxylic acids is 1. The fourth-order valence-electron chi connectivity index (χ4n) is 4.04. The molecule has 0 radical (unpaired) electrons. The monoisotopic (exact) mass is 393 g/mol. The van der Waals surface area contributed by atoms with E-state index >= 15 is 0 Å². The van der Waals surface area contributed by atoms with Crippen molar-refractivity contribution >= 4 is 21.6 Å². The van der Waals surface area contributed by atoms with Crippen LogP contribution in [0.2, 0.25) is 0 Å². The van der Waals surface area contributed by atoms with Gasteiger partial charge >= 0.3 is 0 Å². The first-order chi connectivity index (χ1) is 12.8. The minimum Gasteiger partial charge on any atom is -0.371 e. The lowest BCUT2D eigenvalue weighted by Gasteiger charge is -2.33. The molecule has 3 rings (SSSR count). The quantitative estimate of drug-likeness (QED) is 0.833. The number of piperidine rings is 2. The van der Waals surface area contributed by atoms with Crippen LogP contribution in [-0.2, 0) is 21.4 Å². The van der Waals surface area contributed by atoms with E-state index < -0.39 is 10.0 Å². The first kappa shape index (κ1) is 20.1. The van der Waals surface area contributed by atoms with Crippen molar-refractivity contribution in [2.24, 2.45) is 11.8 Å². The molecule has 2 unspecified atom stereocenters. The third kappa shape index (κ3) is 5.45. The second-order valence-electron chi connectivity index (χ2n) is 8.04. The number of nitrogens with one attached hydrogen (secondary N) is 1. The largest absolute Gasteiger partial charge is 0.371 e. The normalized spacial score (nSPS) is 24.6. The Kier molecular flexibility index (Phi) is 6.42. The van der Waals surface area contributed by atoms with Gasteiger partial charge in [-0.2, -0.15) is 0 Å². The Hall–Kier alpha value is -1.60. The number of amides is 1. The third-order valence-electron chi connectivity index (χ3n) is 5.65. The molecule has 0 aromatic heterocycles. The Morgan fingerprint density at radius 3 is 2.48 bits per heavy atom. The fraction of sp³-hybridized carbons (Fsp3) is 0.650. The molecule has 7 heteroatoms. The van der Waals surface area contributed by atoms with E-state index in [0.29, 0.717) is 13.1 Å². The molecule has 2 aliphatic rings. The molecule has 0 aliphatic carbocycles. The van der Waals surface area contributed by atoms with Gasteiger partial charge in [-0.1, -0.05) is 19.1 Å². The zero-order valence-corrected chi connectivity index (χ0v) is 17.2. The summed E-state index contributed by atoms with van der Waals surface area (Å²) in [7, 11) is -3.23. The number of carbonyl (C=O) groups is 1. The Morgan fingerprint density at radius 1 is 1.11 bits per heavy atom. The van der Waals surface area contributed by atoms with Crippen molar-refractivity contribution in [3.8, 4) is 0 Å². The van der Waals surface area contributed by atoms with Gasteiger partial charge in [0.2, 0.25) is 15.9 Å². The second-order valence-corrected chi connectivity index (χ2v) is 10.0. The highest BCUT2D eigenvalue weighted by Crippen LogP contribution is 2.23. The van der Waals surface area contributed by atoms with Gasteiger partial charge in [0.05, 0.1) is 12.2 Å². The van der Waals surface area contributed by atoms with E-state index in [0.717, 1.165) is 37.4 Å². The SMILES string of the molecule is CC1CCCN(c2ccc(CNC(=O)C3CCCN(S(C)(=O)=O)C3)cc2)C1. The number of hydrogen-bond donors (Lipinski definition) is 1. The van der Waals surface area contributed by atoms with Crippen molar-refractivity contribution in [2.75, 3.05) is 37.3 Å². The summed E-state index contributed by atoms with van der Waals surface area (Å²) in [5, 5.41) is 2.97. The summed E-state index contributed by atoms with van der Waals surface area (Å²) in [5.41, 5.74) is 2.31. The highest BCUT2D eigenvalue weighted by atomic mass is 32.2. The molecule has 27 heavy (non-hydrogen) atoms. The maximum atomic E-state index is 12.5. The number of nitrogens with zero attached hydrogens (tertiary/aromatic N) is 2. The standard InChI is InChI=1S/C20H31N3O3S/c1-16-5-3-11-22(14-16)19-9-7-17(8-10-19)13-21-20(24)18-6-4-12-23(15-18)27(2,25)26/h7-10,16,18H,3-6,11-15H2,1-2H3,(H,21,24). The maximum Gasteiger partial charge on any atom is 0.224 e. The lowest BCUT2D eigenvalue weighted by Crippen LogP contribution is -2.44. The van der Waals surface area contributed by atoms with Crippen LogP contribution in [0.4, 0.5) is 5.69 Å². The van der Waals surface area contributed by atoms with Crippen LogP contribution in [0.3, 0.4) is 0 Å². The lowest BCUT2D eigenvalue weighted by molar-refractivity contribution is -0.126. The molecule has 1 N–H and O–H groups in total. The molecule has 1 aromatic rings. The van der Waals surface area contributed by atoms with E-state index in [2.05, 4.69) is 41.4 Å². The molecule has 2 aliphatic heterocycles. The van der Waals surface area contributed by atoms with Gasteiger partial charge in [-0.25, -0.2) is 12.7 Å². The number of rotatable bonds is 5. The van der Waals surface area contributed by atoms with E-state index in [1.165, 1.54) is 29.1 Å². The van der Waals surface area contributed by atoms with Gasteiger partial charge < -0.3 is 10.2 Å². The first-order valence-electron chi connectivity index (χ1n) is 9.89. The molecule has 2 fully saturated rings. The van der Waals surface area contributed by atoms with Crippen molar-refractivity contribution in [3.05, 3.63) is 29.8 Å². The number of hydrogen-bond acceptors (Lipinski definition) is 4. The smallest absolute Gasteiger partial charge is 0.224 e. The van der Waals surface area contributed by atoms with Gasteiger partial charge in [0.25, 0.3) is 0 Å². The van der Waals surface area contributed by atoms with Gasteiger partial charge in [-0.15, -0.1) is 0 Å². The third-order valence-corrected chi connectivity index (χ3v) is 6.92. The highest BCUT2D eigenvalue weighted by molar-refractivity contribution is 7.88. The Balaban J connectivity index is 1.51. The molecular formula is C20H31N3O3S. The molecule has 1 aromatic carbocycles. The van der Waals surface area contributed by atoms with Gasteiger partial charge in [-0.3, -0.25) is 4.79 Å². The molecule has 2 saturated heterocycles. The topological polar surface area (TPSA) is 69.7 Å². The van der Waals surface area contributed by atoms with Crippen molar-refractivity contribution in [1.29, 1.82) is 0 Å². The van der Waals surface area contributed by atoms with Crippen LogP contribution in [0.25, 0.3) is 0 Å². The highest BCUT2D eigenvalue weighted by Gasteiger charge is 2.29. The molecular weight excluding hydrogens is 362 g/mol. The summed E-state index contributed by atoms with van der Waals surface area (Å²) in [6, 6.07) is 8.40. The number of sulfonamides is 1. The van der Waals surface area contributed by atoms with Gasteiger partial charge in [0, 0.05) is 38.4 Å². The van der Waals surface area contributed by atoms with E-state index in [4.69, 9.17) is 0 Å². The van der Waals surface area contributed by atoms with Crippen molar-refractivity contribution in [1.82, 2.24) is 9.62 Å². The van der Waals surface area contributed by atoms with Crippen LogP contribution in [0.1, 0.15) is 38.2 Å². The maximum absolute atomic E-state index is 12.5. The predicted molar refractivity (Wildman–Crippen MR) is 108 cm³/mol. The van der Waals surface area contributed by atoms with E-state index in [1.54, 1.807) is 0 Å². The average molecular weight is 394 g/mol. The van der Waals surface area contributed by atoms with Crippen molar-refractivity contribution in [3.63, 3.8) is 0 Å². The van der Waals surface area contributed by atoms with Crippen LogP contribution < -0.4 is 10.2 Å². The molecule has 0 spiro atoms. The lowest BCUT2D eigenvalue weighted by atomic mass is 9.98. The zero-order valence-electron chi connectivity index (χ0n) is 16.4. The summed E-state index contributed by atoms with van der Waals surface area (Å²) >= 11 is 0. The Bertz CT molecular complexity index is 748. The van der Waals surface area contributed by atoms with Gasteiger partial charge in [0.15, 0.2) is 0 Å². The van der Waals surface area contributed by atoms with E-state index in [9.17, 15) is 13.2 Å². The van der Waals surface area contributed by atoms with Crippen LogP contribution in [0.5, 0.6) is 0 Å². The van der Waals surface area contributed by atoms with Gasteiger partial charge in [0.1, 0.15) is 0 Å². The molecule has 2 atom stereocenters. The molecule has 1 amide bonds. The molecule has 150 valence electrons.